The fourth-order valence-electron chi connectivity index (χ4n) is 3.51. The maximum Gasteiger partial charge on any atom is 0.254 e. The smallest absolute Gasteiger partial charge is 0.254 e. The third kappa shape index (κ3) is 3.95. The third-order valence-electron chi connectivity index (χ3n) is 5.00. The third-order valence-corrected chi connectivity index (χ3v) is 5.00. The lowest BCUT2D eigenvalue weighted by Crippen LogP contribution is -2.41. The van der Waals surface area contributed by atoms with Crippen LogP contribution in [0.4, 0.5) is 10.1 Å². The minimum Gasteiger partial charge on any atom is -0.378 e. The topological polar surface area (TPSA) is 80.6 Å². The summed E-state index contributed by atoms with van der Waals surface area (Å²) in [7, 11) is 0. The summed E-state index contributed by atoms with van der Waals surface area (Å²) in [6.07, 6.45) is 0. The first-order chi connectivity index (χ1) is 14.5. The van der Waals surface area contributed by atoms with Crippen LogP contribution in [0.25, 0.3) is 10.9 Å². The molecule has 7 nitrogen and oxygen atoms in total. The summed E-state index contributed by atoms with van der Waals surface area (Å²) >= 11 is 0. The molecular weight excluding hydrogens is 389 g/mol. The number of pyridine rings is 1. The standard InChI is InChI=1S/C22H20FN3O4/c23-17-6-2-3-7-18(17)24-20(27)14-26-19-8-4-1-5-15(19)16(13-21(26)28)22(29)25-9-11-30-12-10-25/h1-8,13H,9-12,14H2,(H,24,27). The highest BCUT2D eigenvalue weighted by molar-refractivity contribution is 6.06. The number of hydrogen-bond donors (Lipinski definition) is 1. The van der Waals surface area contributed by atoms with Crippen LogP contribution in [-0.4, -0.2) is 47.6 Å². The van der Waals surface area contributed by atoms with Crippen molar-refractivity contribution in [3.05, 3.63) is 76.3 Å². The molecule has 0 bridgehead atoms. The monoisotopic (exact) mass is 409 g/mol. The predicted molar refractivity (Wildman–Crippen MR) is 110 cm³/mol. The van der Waals surface area contributed by atoms with Gasteiger partial charge in [0.2, 0.25) is 5.91 Å². The number of para-hydroxylation sites is 2. The number of amides is 2. The van der Waals surface area contributed by atoms with E-state index >= 15 is 0 Å². The highest BCUT2D eigenvalue weighted by atomic mass is 19.1. The summed E-state index contributed by atoms with van der Waals surface area (Å²) in [5.41, 5.74) is 0.321. The average Bonchev–Trinajstić information content (AvgIpc) is 2.77. The number of fused-ring (bicyclic) bond motifs is 1. The minimum atomic E-state index is -0.561. The molecule has 0 saturated carbocycles. The summed E-state index contributed by atoms with van der Waals surface area (Å²) in [4.78, 5) is 39.9. The van der Waals surface area contributed by atoms with Crippen LogP contribution in [0.2, 0.25) is 0 Å². The average molecular weight is 409 g/mol. The molecular formula is C22H20FN3O4. The van der Waals surface area contributed by atoms with Crippen molar-refractivity contribution in [2.75, 3.05) is 31.6 Å². The Morgan fingerprint density at radius 1 is 1.03 bits per heavy atom. The van der Waals surface area contributed by atoms with Crippen molar-refractivity contribution in [3.8, 4) is 0 Å². The lowest BCUT2D eigenvalue weighted by Gasteiger charge is -2.27. The van der Waals surface area contributed by atoms with Gasteiger partial charge in [0.15, 0.2) is 0 Å². The highest BCUT2D eigenvalue weighted by Crippen LogP contribution is 2.20. The molecule has 1 N–H and O–H groups in total. The van der Waals surface area contributed by atoms with Gasteiger partial charge in [-0.05, 0) is 18.2 Å². The molecule has 0 aliphatic carbocycles. The molecule has 30 heavy (non-hydrogen) atoms. The summed E-state index contributed by atoms with van der Waals surface area (Å²) < 4.78 is 20.4. The first-order valence-corrected chi connectivity index (χ1v) is 9.58. The van der Waals surface area contributed by atoms with Crippen LogP contribution in [-0.2, 0) is 16.1 Å². The number of hydrogen-bond acceptors (Lipinski definition) is 4. The first kappa shape index (κ1) is 19.8. The van der Waals surface area contributed by atoms with Crippen LogP contribution in [0, 0.1) is 5.82 Å². The molecule has 1 aromatic heterocycles. The Morgan fingerprint density at radius 3 is 2.50 bits per heavy atom. The largest absolute Gasteiger partial charge is 0.378 e. The van der Waals surface area contributed by atoms with Gasteiger partial charge >= 0.3 is 0 Å². The Morgan fingerprint density at radius 2 is 1.73 bits per heavy atom. The van der Waals surface area contributed by atoms with E-state index in [1.54, 1.807) is 35.2 Å². The SMILES string of the molecule is O=C(Cn1c(=O)cc(C(=O)N2CCOCC2)c2ccccc21)Nc1ccccc1F. The van der Waals surface area contributed by atoms with E-state index in [1.807, 2.05) is 0 Å². The lowest BCUT2D eigenvalue weighted by molar-refractivity contribution is -0.116. The number of ether oxygens (including phenoxy) is 1. The van der Waals surface area contributed by atoms with Crippen molar-refractivity contribution in [2.24, 2.45) is 0 Å². The molecule has 154 valence electrons. The molecule has 2 aromatic carbocycles. The maximum absolute atomic E-state index is 13.8. The van der Waals surface area contributed by atoms with Crippen LogP contribution in [0.3, 0.4) is 0 Å². The molecule has 0 spiro atoms. The van der Waals surface area contributed by atoms with E-state index in [0.29, 0.717) is 42.8 Å². The number of morpholine rings is 1. The van der Waals surface area contributed by atoms with E-state index < -0.39 is 17.3 Å². The van der Waals surface area contributed by atoms with Gasteiger partial charge in [0.25, 0.3) is 11.5 Å². The zero-order chi connectivity index (χ0) is 21.1. The van der Waals surface area contributed by atoms with E-state index in [2.05, 4.69) is 5.32 Å². The Hall–Kier alpha value is -3.52. The predicted octanol–water partition coefficient (Wildman–Crippen LogP) is 2.25. The van der Waals surface area contributed by atoms with Gasteiger partial charge in [-0.25, -0.2) is 4.39 Å². The molecule has 1 saturated heterocycles. The molecule has 2 amide bonds. The number of carbonyl (C=O) groups is 2. The summed E-state index contributed by atoms with van der Waals surface area (Å²) in [5, 5.41) is 3.05. The molecule has 8 heteroatoms. The molecule has 4 rings (SSSR count). The Balaban J connectivity index is 1.67. The fraction of sp³-hybridized carbons (Fsp3) is 0.227. The number of anilines is 1. The van der Waals surface area contributed by atoms with Gasteiger partial charge in [-0.1, -0.05) is 30.3 Å². The molecule has 0 atom stereocenters. The van der Waals surface area contributed by atoms with Crippen LogP contribution in [0.5, 0.6) is 0 Å². The second-order valence-electron chi connectivity index (χ2n) is 6.93. The Labute approximate surface area is 171 Å². The van der Waals surface area contributed by atoms with Crippen molar-refractivity contribution in [3.63, 3.8) is 0 Å². The van der Waals surface area contributed by atoms with Crippen LogP contribution in [0.15, 0.2) is 59.4 Å². The van der Waals surface area contributed by atoms with Crippen LogP contribution >= 0.6 is 0 Å². The fourth-order valence-corrected chi connectivity index (χ4v) is 3.51. The molecule has 0 unspecified atom stereocenters. The van der Waals surface area contributed by atoms with E-state index in [4.69, 9.17) is 4.74 Å². The Bertz CT molecular complexity index is 1170. The van der Waals surface area contributed by atoms with Crippen molar-refractivity contribution in [1.82, 2.24) is 9.47 Å². The number of halogens is 1. The normalized spacial score (nSPS) is 14.0. The van der Waals surface area contributed by atoms with Crippen molar-refractivity contribution in [2.45, 2.75) is 6.54 Å². The number of rotatable bonds is 4. The van der Waals surface area contributed by atoms with Gasteiger partial charge in [0, 0.05) is 24.5 Å². The van der Waals surface area contributed by atoms with Gasteiger partial charge in [-0.2, -0.15) is 0 Å². The quantitative estimate of drug-likeness (QED) is 0.717. The number of nitrogens with zero attached hydrogens (tertiary/aromatic N) is 2. The van der Waals surface area contributed by atoms with Crippen molar-refractivity contribution < 1.29 is 18.7 Å². The minimum absolute atomic E-state index is 0.0407. The molecule has 2 heterocycles. The zero-order valence-corrected chi connectivity index (χ0v) is 16.1. The van der Waals surface area contributed by atoms with Crippen LogP contribution in [0.1, 0.15) is 10.4 Å². The van der Waals surface area contributed by atoms with E-state index in [-0.39, 0.29) is 18.1 Å². The van der Waals surface area contributed by atoms with Crippen LogP contribution < -0.4 is 10.9 Å². The highest BCUT2D eigenvalue weighted by Gasteiger charge is 2.22. The van der Waals surface area contributed by atoms with Gasteiger partial charge in [-0.15, -0.1) is 0 Å². The zero-order valence-electron chi connectivity index (χ0n) is 16.1. The molecule has 1 aliphatic rings. The number of benzene rings is 2. The van der Waals surface area contributed by atoms with Crippen molar-refractivity contribution >= 4 is 28.4 Å². The van der Waals surface area contributed by atoms with Gasteiger partial charge in [-0.3, -0.25) is 19.0 Å². The molecule has 0 radical (unpaired) electrons. The summed E-state index contributed by atoms with van der Waals surface area (Å²) in [6.45, 7) is 1.52. The first-order valence-electron chi connectivity index (χ1n) is 9.58. The summed E-state index contributed by atoms with van der Waals surface area (Å²) in [6, 6.07) is 14.0. The lowest BCUT2D eigenvalue weighted by atomic mass is 10.1. The van der Waals surface area contributed by atoms with Gasteiger partial charge < -0.3 is 15.0 Å². The van der Waals surface area contributed by atoms with Gasteiger partial charge in [0.05, 0.1) is 30.0 Å². The number of nitrogens with one attached hydrogen (secondary N) is 1. The Kier molecular flexibility index (Phi) is 5.58. The second kappa shape index (κ2) is 8.46. The van der Waals surface area contributed by atoms with E-state index in [1.165, 1.54) is 28.8 Å². The molecule has 1 aliphatic heterocycles. The molecule has 1 fully saturated rings. The maximum atomic E-state index is 13.8. The van der Waals surface area contributed by atoms with Gasteiger partial charge in [0.1, 0.15) is 12.4 Å². The number of carbonyl (C=O) groups excluding carboxylic acids is 2. The van der Waals surface area contributed by atoms with Crippen molar-refractivity contribution in [1.29, 1.82) is 0 Å². The van der Waals surface area contributed by atoms with E-state index in [9.17, 15) is 18.8 Å². The molecule has 3 aromatic rings. The summed E-state index contributed by atoms with van der Waals surface area (Å²) in [5.74, 6) is -1.34. The number of aromatic nitrogens is 1. The second-order valence-corrected chi connectivity index (χ2v) is 6.93. The van der Waals surface area contributed by atoms with E-state index in [0.717, 1.165) is 0 Å².